The number of rotatable bonds is 6. The summed E-state index contributed by atoms with van der Waals surface area (Å²) in [4.78, 5) is 69.7. The Hall–Kier alpha value is -5.75. The molecule has 0 unspecified atom stereocenters. The maximum atomic E-state index is 14.4. The molecular formula is C39H38N4O7S. The minimum Gasteiger partial charge on any atom is -0.484 e. The monoisotopic (exact) mass is 706 g/mol. The van der Waals surface area contributed by atoms with Crippen LogP contribution in [0.5, 0.6) is 5.75 Å². The Balaban J connectivity index is 1.34. The highest BCUT2D eigenvalue weighted by molar-refractivity contribution is 7.11. The van der Waals surface area contributed by atoms with Gasteiger partial charge in [-0.05, 0) is 64.2 Å². The van der Waals surface area contributed by atoms with Crippen molar-refractivity contribution in [1.82, 2.24) is 20.9 Å². The van der Waals surface area contributed by atoms with E-state index in [1.165, 1.54) is 16.2 Å². The van der Waals surface area contributed by atoms with Gasteiger partial charge in [0, 0.05) is 24.3 Å². The minimum absolute atomic E-state index is 0.00727. The Morgan fingerprint density at radius 3 is 2.27 bits per heavy atom. The van der Waals surface area contributed by atoms with Crippen LogP contribution < -0.4 is 20.7 Å². The largest absolute Gasteiger partial charge is 0.484 e. The van der Waals surface area contributed by atoms with Crippen LogP contribution in [0.25, 0.3) is 16.7 Å². The van der Waals surface area contributed by atoms with E-state index >= 15 is 0 Å². The molecule has 11 nitrogen and oxygen atoms in total. The number of nitrogens with zero attached hydrogens (tertiary/aromatic N) is 1. The van der Waals surface area contributed by atoms with Crippen LogP contribution in [0, 0.1) is 0 Å². The molecule has 3 aliphatic heterocycles. The maximum absolute atomic E-state index is 14.4. The summed E-state index contributed by atoms with van der Waals surface area (Å²) < 4.78 is 5.67. The molecule has 7 rings (SSSR count). The number of carbonyl (C=O) groups excluding carboxylic acids is 4. The van der Waals surface area contributed by atoms with Gasteiger partial charge in [0.05, 0.1) is 0 Å². The number of thiophene rings is 1. The van der Waals surface area contributed by atoms with Crippen LogP contribution in [0.1, 0.15) is 28.8 Å². The van der Waals surface area contributed by atoms with Crippen LogP contribution >= 0.6 is 11.3 Å². The van der Waals surface area contributed by atoms with Crippen molar-refractivity contribution in [3.8, 4) is 16.9 Å². The van der Waals surface area contributed by atoms with Gasteiger partial charge in [0.15, 0.2) is 6.61 Å². The Labute approximate surface area is 299 Å². The topological polar surface area (TPSA) is 154 Å². The Morgan fingerprint density at radius 2 is 1.59 bits per heavy atom. The molecule has 0 spiro atoms. The molecule has 0 saturated carbocycles. The second-order valence-electron chi connectivity index (χ2n) is 12.6. The number of nitrogens with one attached hydrogen (secondary N) is 3. The molecule has 4 amide bonds. The molecule has 1 saturated heterocycles. The Kier molecular flexibility index (Phi) is 10.9. The van der Waals surface area contributed by atoms with Crippen molar-refractivity contribution < 1.29 is 33.8 Å². The van der Waals surface area contributed by atoms with Crippen molar-refractivity contribution in [3.05, 3.63) is 119 Å². The molecule has 262 valence electrons. The predicted molar refractivity (Wildman–Crippen MR) is 193 cm³/mol. The van der Waals surface area contributed by atoms with Crippen LogP contribution in [0.4, 0.5) is 0 Å². The summed E-state index contributed by atoms with van der Waals surface area (Å²) in [5.74, 6) is -3.19. The van der Waals surface area contributed by atoms with Crippen molar-refractivity contribution in [2.45, 2.75) is 49.9 Å². The van der Waals surface area contributed by atoms with E-state index in [4.69, 9.17) is 4.74 Å². The maximum Gasteiger partial charge on any atom is 0.326 e. The van der Waals surface area contributed by atoms with Crippen molar-refractivity contribution >= 4 is 46.5 Å². The lowest BCUT2D eigenvalue weighted by molar-refractivity contribution is -0.144. The quantitative estimate of drug-likeness (QED) is 0.222. The van der Waals surface area contributed by atoms with Crippen molar-refractivity contribution in [2.75, 3.05) is 13.2 Å². The van der Waals surface area contributed by atoms with Gasteiger partial charge >= 0.3 is 5.97 Å². The highest BCUT2D eigenvalue weighted by Gasteiger charge is 2.40. The van der Waals surface area contributed by atoms with E-state index in [1.54, 1.807) is 36.4 Å². The van der Waals surface area contributed by atoms with E-state index in [2.05, 4.69) is 22.5 Å². The average molecular weight is 707 g/mol. The first-order chi connectivity index (χ1) is 24.7. The molecule has 3 aromatic carbocycles. The fraction of sp³-hybridized carbons (Fsp3) is 0.256. The fourth-order valence-corrected chi connectivity index (χ4v) is 7.08. The first kappa shape index (κ1) is 35.1. The summed E-state index contributed by atoms with van der Waals surface area (Å²) in [5, 5.41) is 20.0. The number of amides is 4. The summed E-state index contributed by atoms with van der Waals surface area (Å²) in [6, 6.07) is 23.0. The van der Waals surface area contributed by atoms with Crippen LogP contribution in [0.3, 0.4) is 0 Å². The standard InChI is InChI=1S/C39H38N4O7S/c1-24(33-10-6-20-51-33)35-37(46)40-30(21-25-11-15-28(16-12-25)27-7-3-2-4-8-27)38(47)43-19-5-9-32(43)36(45)41-31(39(48)49)22-26-13-17-29(18-14-26)50-23-34(44)42-35/h2-4,6-8,10-18,20,30-32,35H,1,5,9,19,21-23H2,(H,40,46)(H,41,45)(H,42,44)(H,48,49)/t30-,31-,32-,35-/m0/s1. The number of carboxylic acids is 1. The smallest absolute Gasteiger partial charge is 0.326 e. The zero-order chi connectivity index (χ0) is 35.9. The lowest BCUT2D eigenvalue weighted by atomic mass is 9.99. The third kappa shape index (κ3) is 8.53. The number of benzene rings is 3. The van der Waals surface area contributed by atoms with Gasteiger partial charge in [0.1, 0.15) is 29.9 Å². The number of hydrogen-bond donors (Lipinski definition) is 4. The number of ether oxygens (including phenoxy) is 1. The van der Waals surface area contributed by atoms with Gasteiger partial charge in [-0.25, -0.2) is 4.79 Å². The molecule has 1 aromatic heterocycles. The van der Waals surface area contributed by atoms with Crippen molar-refractivity contribution in [1.29, 1.82) is 0 Å². The van der Waals surface area contributed by atoms with Gasteiger partial charge < -0.3 is 30.7 Å². The summed E-state index contributed by atoms with van der Waals surface area (Å²) in [7, 11) is 0. The van der Waals surface area contributed by atoms with E-state index in [1.807, 2.05) is 60.0 Å². The van der Waals surface area contributed by atoms with Crippen LogP contribution in [0.15, 0.2) is 103 Å². The number of carboxylic acid groups (broad SMARTS) is 1. The third-order valence-corrected chi connectivity index (χ3v) is 10.0. The molecule has 4 N–H and O–H groups in total. The fourth-order valence-electron chi connectivity index (χ4n) is 6.35. The molecular weight excluding hydrogens is 669 g/mol. The number of hydrogen-bond acceptors (Lipinski definition) is 7. The number of fused-ring (bicyclic) bond motifs is 13. The number of aliphatic carboxylic acids is 1. The van der Waals surface area contributed by atoms with Gasteiger partial charge in [-0.2, -0.15) is 0 Å². The van der Waals surface area contributed by atoms with E-state index < -0.39 is 60.4 Å². The molecule has 3 aliphatic rings. The van der Waals surface area contributed by atoms with Crippen LogP contribution in [-0.2, 0) is 36.8 Å². The third-order valence-electron chi connectivity index (χ3n) is 9.06. The highest BCUT2D eigenvalue weighted by atomic mass is 32.1. The van der Waals surface area contributed by atoms with E-state index in [-0.39, 0.29) is 19.4 Å². The lowest BCUT2D eigenvalue weighted by Gasteiger charge is -2.30. The summed E-state index contributed by atoms with van der Waals surface area (Å²) in [6.45, 7) is 3.95. The summed E-state index contributed by atoms with van der Waals surface area (Å²) in [6.07, 6.45) is 0.928. The predicted octanol–water partition coefficient (Wildman–Crippen LogP) is 3.84. The normalized spacial score (nSPS) is 21.6. The highest BCUT2D eigenvalue weighted by Crippen LogP contribution is 2.25. The van der Waals surface area contributed by atoms with Gasteiger partial charge in [-0.15, -0.1) is 11.3 Å². The van der Waals surface area contributed by atoms with Gasteiger partial charge in [-0.1, -0.05) is 79.4 Å². The van der Waals surface area contributed by atoms with Crippen LogP contribution in [0.2, 0.25) is 0 Å². The zero-order valence-electron chi connectivity index (χ0n) is 27.7. The molecule has 0 aliphatic carbocycles. The second-order valence-corrected chi connectivity index (χ2v) is 13.5. The van der Waals surface area contributed by atoms with E-state index in [9.17, 15) is 29.1 Å². The van der Waals surface area contributed by atoms with Gasteiger partial charge in [0.2, 0.25) is 17.7 Å². The summed E-state index contributed by atoms with van der Waals surface area (Å²) >= 11 is 1.35. The molecule has 12 heteroatoms. The Bertz CT molecular complexity index is 1900. The molecule has 2 bridgehead atoms. The minimum atomic E-state index is -1.25. The molecule has 4 aromatic rings. The molecule has 51 heavy (non-hydrogen) atoms. The first-order valence-electron chi connectivity index (χ1n) is 16.7. The molecule has 1 fully saturated rings. The van der Waals surface area contributed by atoms with Crippen molar-refractivity contribution in [3.63, 3.8) is 0 Å². The second kappa shape index (κ2) is 15.9. The van der Waals surface area contributed by atoms with Gasteiger partial charge in [0.25, 0.3) is 5.91 Å². The van der Waals surface area contributed by atoms with Crippen molar-refractivity contribution in [2.24, 2.45) is 0 Å². The SMILES string of the molecule is C=C(c1cccs1)[C@@H]1NC(=O)COc2ccc(cc2)C[C@@H](C(=O)O)NC(=O)[C@@H]2CCCN2C(=O)[C@H](Cc2ccc(-c3ccccc3)cc2)NC1=O. The van der Waals surface area contributed by atoms with E-state index in [0.717, 1.165) is 16.7 Å². The van der Waals surface area contributed by atoms with Crippen LogP contribution in [-0.4, -0.2) is 76.9 Å². The number of carbonyl (C=O) groups is 5. The van der Waals surface area contributed by atoms with E-state index in [0.29, 0.717) is 34.6 Å². The molecule has 4 heterocycles. The molecule has 0 radical (unpaired) electrons. The zero-order valence-corrected chi connectivity index (χ0v) is 28.6. The van der Waals surface area contributed by atoms with Gasteiger partial charge in [-0.3, -0.25) is 19.2 Å². The summed E-state index contributed by atoms with van der Waals surface area (Å²) in [5.41, 5.74) is 3.72. The lowest BCUT2D eigenvalue weighted by Crippen LogP contribution is -2.58. The average Bonchev–Trinajstić information content (AvgIpc) is 3.86. The Morgan fingerprint density at radius 1 is 0.863 bits per heavy atom. The molecule has 4 atom stereocenters. The first-order valence-corrected chi connectivity index (χ1v) is 17.6.